The summed E-state index contributed by atoms with van der Waals surface area (Å²) in [6.07, 6.45) is 2.22. The molecule has 6 nitrogen and oxygen atoms in total. The number of aromatic amines is 1. The largest absolute Gasteiger partial charge is 0.340 e. The van der Waals surface area contributed by atoms with E-state index in [-0.39, 0.29) is 18.5 Å². The van der Waals surface area contributed by atoms with Crippen molar-refractivity contribution in [1.29, 1.82) is 0 Å². The minimum Gasteiger partial charge on any atom is -0.340 e. The second-order valence-corrected chi connectivity index (χ2v) is 7.23. The first-order chi connectivity index (χ1) is 13.1. The summed E-state index contributed by atoms with van der Waals surface area (Å²) in [5.41, 5.74) is 2.84. The molecule has 3 amide bonds. The van der Waals surface area contributed by atoms with Crippen molar-refractivity contribution in [2.75, 3.05) is 6.54 Å². The molecule has 1 aliphatic rings. The number of halogens is 1. The Morgan fingerprint density at radius 3 is 2.48 bits per heavy atom. The molecule has 0 radical (unpaired) electrons. The first-order valence-electron chi connectivity index (χ1n) is 8.56. The molecule has 1 unspecified atom stereocenters. The van der Waals surface area contributed by atoms with E-state index in [0.29, 0.717) is 12.2 Å². The molecule has 1 saturated heterocycles. The smallest absolute Gasteiger partial charge is 0.325 e. The minimum absolute atomic E-state index is 0.0183. The molecule has 0 spiro atoms. The second-order valence-electron chi connectivity index (χ2n) is 6.32. The third-order valence-corrected chi connectivity index (χ3v) is 5.06. The van der Waals surface area contributed by atoms with E-state index in [1.165, 1.54) is 4.90 Å². The van der Waals surface area contributed by atoms with Crippen LogP contribution in [0, 0.1) is 0 Å². The zero-order chi connectivity index (χ0) is 18.8. The van der Waals surface area contributed by atoms with Crippen LogP contribution in [0.25, 0.3) is 11.3 Å². The Balaban J connectivity index is 1.69. The summed E-state index contributed by atoms with van der Waals surface area (Å²) < 4.78 is 0.993. The molecule has 4 rings (SSSR count). The highest BCUT2D eigenvalue weighted by atomic mass is 79.9. The van der Waals surface area contributed by atoms with Crippen LogP contribution < -0.4 is 5.32 Å². The Hall–Kier alpha value is -2.93. The van der Waals surface area contributed by atoms with Crippen molar-refractivity contribution in [3.05, 3.63) is 76.7 Å². The average Bonchev–Trinajstić information content (AvgIpc) is 3.29. The second kappa shape index (κ2) is 7.36. The highest BCUT2D eigenvalue weighted by molar-refractivity contribution is 9.10. The van der Waals surface area contributed by atoms with Crippen LogP contribution in [0.2, 0.25) is 0 Å². The standard InChI is InChI=1S/C20H17BrN4O2/c21-15-8-6-14(7-9-15)16-11-22-19(24-16)17(10-13-4-2-1-3-5-13)25-18(26)12-23-20(25)27/h1-9,11,17H,10,12H2,(H,22,24)(H,23,27). The third kappa shape index (κ3) is 3.64. The van der Waals surface area contributed by atoms with E-state index in [4.69, 9.17) is 0 Å². The minimum atomic E-state index is -0.494. The molecule has 0 saturated carbocycles. The highest BCUT2D eigenvalue weighted by Crippen LogP contribution is 2.28. The number of carbonyl (C=O) groups excluding carboxylic acids is 2. The number of aromatic nitrogens is 2. The van der Waals surface area contributed by atoms with Crippen molar-refractivity contribution in [1.82, 2.24) is 20.2 Å². The normalized spacial score (nSPS) is 15.1. The predicted octanol–water partition coefficient (Wildman–Crippen LogP) is 3.67. The lowest BCUT2D eigenvalue weighted by molar-refractivity contribution is -0.126. The maximum absolute atomic E-state index is 12.3. The van der Waals surface area contributed by atoms with Gasteiger partial charge in [-0.25, -0.2) is 9.78 Å². The molecule has 0 aliphatic carbocycles. The van der Waals surface area contributed by atoms with E-state index in [0.717, 1.165) is 21.3 Å². The van der Waals surface area contributed by atoms with Crippen molar-refractivity contribution in [3.63, 3.8) is 0 Å². The number of amides is 3. The van der Waals surface area contributed by atoms with E-state index < -0.39 is 6.04 Å². The van der Waals surface area contributed by atoms with E-state index in [2.05, 4.69) is 31.2 Å². The Morgan fingerprint density at radius 1 is 1.07 bits per heavy atom. The zero-order valence-corrected chi connectivity index (χ0v) is 15.9. The molecule has 2 N–H and O–H groups in total. The average molecular weight is 425 g/mol. The molecule has 1 fully saturated rings. The quantitative estimate of drug-likeness (QED) is 0.613. The van der Waals surface area contributed by atoms with Crippen LogP contribution in [0.1, 0.15) is 17.4 Å². The van der Waals surface area contributed by atoms with Gasteiger partial charge in [0.05, 0.1) is 18.4 Å². The molecule has 136 valence electrons. The van der Waals surface area contributed by atoms with Gasteiger partial charge in [0.2, 0.25) is 0 Å². The van der Waals surface area contributed by atoms with Gasteiger partial charge in [-0.05, 0) is 23.3 Å². The molecule has 1 aliphatic heterocycles. The molecule has 1 atom stereocenters. The van der Waals surface area contributed by atoms with E-state index in [9.17, 15) is 9.59 Å². The Kier molecular flexibility index (Phi) is 4.77. The number of benzene rings is 2. The van der Waals surface area contributed by atoms with E-state index >= 15 is 0 Å². The summed E-state index contributed by atoms with van der Waals surface area (Å²) in [6.45, 7) is 0.0183. The van der Waals surface area contributed by atoms with Crippen LogP contribution in [0.5, 0.6) is 0 Å². The summed E-state index contributed by atoms with van der Waals surface area (Å²) in [6, 6.07) is 16.7. The van der Waals surface area contributed by atoms with Crippen molar-refractivity contribution in [2.45, 2.75) is 12.5 Å². The Morgan fingerprint density at radius 2 is 1.81 bits per heavy atom. The van der Waals surface area contributed by atoms with E-state index in [1.54, 1.807) is 6.20 Å². The number of H-pyrrole nitrogens is 1. The summed E-state index contributed by atoms with van der Waals surface area (Å²) >= 11 is 3.43. The van der Waals surface area contributed by atoms with E-state index in [1.807, 2.05) is 54.6 Å². The van der Waals surface area contributed by atoms with Gasteiger partial charge in [-0.2, -0.15) is 0 Å². The molecule has 2 aromatic carbocycles. The fourth-order valence-electron chi connectivity index (χ4n) is 3.18. The molecular weight excluding hydrogens is 408 g/mol. The van der Waals surface area contributed by atoms with Gasteiger partial charge >= 0.3 is 6.03 Å². The van der Waals surface area contributed by atoms with Crippen LogP contribution in [-0.4, -0.2) is 33.4 Å². The SMILES string of the molecule is O=C1CNC(=O)N1C(Cc1ccccc1)c1ncc(-c2ccc(Br)cc2)[nH]1. The van der Waals surface area contributed by atoms with Gasteiger partial charge in [0.15, 0.2) is 0 Å². The van der Waals surface area contributed by atoms with Crippen molar-refractivity contribution in [2.24, 2.45) is 0 Å². The number of imidazole rings is 1. The number of urea groups is 1. The van der Waals surface area contributed by atoms with Gasteiger partial charge < -0.3 is 10.3 Å². The number of rotatable bonds is 5. The number of hydrogen-bond donors (Lipinski definition) is 2. The summed E-state index contributed by atoms with van der Waals surface area (Å²) in [5, 5.41) is 2.59. The number of imide groups is 1. The van der Waals surface area contributed by atoms with Gasteiger partial charge in [-0.1, -0.05) is 58.4 Å². The van der Waals surface area contributed by atoms with Crippen molar-refractivity contribution >= 4 is 27.9 Å². The summed E-state index contributed by atoms with van der Waals surface area (Å²) in [5.74, 6) is 0.338. The third-order valence-electron chi connectivity index (χ3n) is 4.53. The predicted molar refractivity (Wildman–Crippen MR) is 105 cm³/mol. The maximum Gasteiger partial charge on any atom is 0.325 e. The molecule has 2 heterocycles. The highest BCUT2D eigenvalue weighted by Gasteiger charge is 2.37. The van der Waals surface area contributed by atoms with Crippen LogP contribution in [0.3, 0.4) is 0 Å². The fourth-order valence-corrected chi connectivity index (χ4v) is 3.44. The lowest BCUT2D eigenvalue weighted by Crippen LogP contribution is -2.36. The number of nitrogens with zero attached hydrogens (tertiary/aromatic N) is 2. The zero-order valence-electron chi connectivity index (χ0n) is 14.4. The number of hydrogen-bond acceptors (Lipinski definition) is 3. The van der Waals surface area contributed by atoms with Crippen molar-refractivity contribution < 1.29 is 9.59 Å². The number of nitrogens with one attached hydrogen (secondary N) is 2. The van der Waals surface area contributed by atoms with Gasteiger partial charge in [0.1, 0.15) is 11.9 Å². The van der Waals surface area contributed by atoms with Gasteiger partial charge in [0.25, 0.3) is 5.91 Å². The molecule has 7 heteroatoms. The van der Waals surface area contributed by atoms with Gasteiger partial charge in [-0.15, -0.1) is 0 Å². The van der Waals surface area contributed by atoms with Crippen molar-refractivity contribution in [3.8, 4) is 11.3 Å². The summed E-state index contributed by atoms with van der Waals surface area (Å²) in [7, 11) is 0. The van der Waals surface area contributed by atoms with Gasteiger partial charge in [0, 0.05) is 10.9 Å². The first-order valence-corrected chi connectivity index (χ1v) is 9.36. The maximum atomic E-state index is 12.3. The topological polar surface area (TPSA) is 78.1 Å². The lowest BCUT2D eigenvalue weighted by Gasteiger charge is -2.23. The first kappa shape index (κ1) is 17.5. The van der Waals surface area contributed by atoms with Crippen LogP contribution in [0.4, 0.5) is 4.79 Å². The van der Waals surface area contributed by atoms with Crippen LogP contribution in [-0.2, 0) is 11.2 Å². The Labute approximate surface area is 164 Å². The summed E-state index contributed by atoms with van der Waals surface area (Å²) in [4.78, 5) is 33.6. The molecule has 0 bridgehead atoms. The van der Waals surface area contributed by atoms with Gasteiger partial charge in [-0.3, -0.25) is 9.69 Å². The molecular formula is C20H17BrN4O2. The Bertz CT molecular complexity index is 953. The molecule has 1 aromatic heterocycles. The van der Waals surface area contributed by atoms with Crippen LogP contribution >= 0.6 is 15.9 Å². The monoisotopic (exact) mass is 424 g/mol. The van der Waals surface area contributed by atoms with Crippen LogP contribution in [0.15, 0.2) is 65.3 Å². The number of carbonyl (C=O) groups is 2. The fraction of sp³-hybridized carbons (Fsp3) is 0.150. The molecule has 3 aromatic rings. The lowest BCUT2D eigenvalue weighted by atomic mass is 10.0. The molecule has 27 heavy (non-hydrogen) atoms.